The third-order valence-electron chi connectivity index (χ3n) is 4.71. The van der Waals surface area contributed by atoms with Crippen LogP contribution in [0.5, 0.6) is 17.2 Å². The Morgan fingerprint density at radius 2 is 1.79 bits per heavy atom. The lowest BCUT2D eigenvalue weighted by atomic mass is 10.1. The highest BCUT2D eigenvalue weighted by Crippen LogP contribution is 2.29. The molecule has 0 aliphatic heterocycles. The van der Waals surface area contributed by atoms with Crippen LogP contribution in [0.4, 0.5) is 5.69 Å². The van der Waals surface area contributed by atoms with Gasteiger partial charge in [0.25, 0.3) is 0 Å². The molecule has 1 N–H and O–H groups in total. The predicted molar refractivity (Wildman–Crippen MR) is 126 cm³/mol. The van der Waals surface area contributed by atoms with E-state index >= 15 is 0 Å². The van der Waals surface area contributed by atoms with E-state index in [2.05, 4.69) is 20.6 Å². The standard InChI is InChI=1S/C23H23N5O4S/c1-4-32-16-7-5-15(6-8-16)18-10-12-21-25-26-23(28(21)27-18)33-14-22(29)24-19-13-17(30-2)9-11-20(19)31-3/h5-13H,4,14H2,1-3H3,(H,24,29). The number of ether oxygens (including phenoxy) is 3. The van der Waals surface area contributed by atoms with Gasteiger partial charge in [0.2, 0.25) is 11.1 Å². The quantitative estimate of drug-likeness (QED) is 0.371. The molecule has 4 aromatic rings. The van der Waals surface area contributed by atoms with Gasteiger partial charge in [-0.2, -0.15) is 9.61 Å². The van der Waals surface area contributed by atoms with Gasteiger partial charge in [-0.3, -0.25) is 4.79 Å². The van der Waals surface area contributed by atoms with Crippen LogP contribution in [0.2, 0.25) is 0 Å². The van der Waals surface area contributed by atoms with E-state index in [1.807, 2.05) is 43.3 Å². The molecule has 10 heteroatoms. The lowest BCUT2D eigenvalue weighted by molar-refractivity contribution is -0.113. The summed E-state index contributed by atoms with van der Waals surface area (Å²) in [6, 6.07) is 16.6. The molecule has 2 aromatic heterocycles. The lowest BCUT2D eigenvalue weighted by Crippen LogP contribution is -2.15. The first-order chi connectivity index (χ1) is 16.1. The minimum absolute atomic E-state index is 0.121. The number of aromatic nitrogens is 4. The molecule has 4 rings (SSSR count). The summed E-state index contributed by atoms with van der Waals surface area (Å²) in [4.78, 5) is 12.6. The molecule has 0 saturated heterocycles. The monoisotopic (exact) mass is 465 g/mol. The zero-order valence-electron chi connectivity index (χ0n) is 18.4. The highest BCUT2D eigenvalue weighted by atomic mass is 32.2. The summed E-state index contributed by atoms with van der Waals surface area (Å²) >= 11 is 1.24. The molecule has 0 fully saturated rings. The van der Waals surface area contributed by atoms with E-state index in [1.54, 1.807) is 36.9 Å². The molecule has 0 radical (unpaired) electrons. The molecule has 0 saturated carbocycles. The van der Waals surface area contributed by atoms with Crippen molar-refractivity contribution in [3.8, 4) is 28.5 Å². The molecule has 170 valence electrons. The number of hydrogen-bond donors (Lipinski definition) is 1. The van der Waals surface area contributed by atoms with E-state index in [0.29, 0.717) is 34.6 Å². The maximum absolute atomic E-state index is 12.6. The number of amides is 1. The van der Waals surface area contributed by atoms with Crippen LogP contribution in [0.15, 0.2) is 59.8 Å². The lowest BCUT2D eigenvalue weighted by Gasteiger charge is -2.11. The molecular formula is C23H23N5O4S. The van der Waals surface area contributed by atoms with Gasteiger partial charge < -0.3 is 19.5 Å². The number of fused-ring (bicyclic) bond motifs is 1. The van der Waals surface area contributed by atoms with E-state index in [0.717, 1.165) is 17.0 Å². The van der Waals surface area contributed by atoms with Crippen LogP contribution in [0.1, 0.15) is 6.92 Å². The summed E-state index contributed by atoms with van der Waals surface area (Å²) < 4.78 is 17.7. The third-order valence-corrected chi connectivity index (χ3v) is 5.63. The average Bonchev–Trinajstić information content (AvgIpc) is 3.25. The number of nitrogens with zero attached hydrogens (tertiary/aromatic N) is 4. The molecule has 0 bridgehead atoms. The Labute approximate surface area is 195 Å². The molecule has 33 heavy (non-hydrogen) atoms. The van der Waals surface area contributed by atoms with Crippen molar-refractivity contribution in [3.63, 3.8) is 0 Å². The SMILES string of the molecule is CCOc1ccc(-c2ccc3nnc(SCC(=O)Nc4cc(OC)ccc4OC)n3n2)cc1. The topological polar surface area (TPSA) is 99.9 Å². The first-order valence-corrected chi connectivity index (χ1v) is 11.2. The molecule has 2 aromatic carbocycles. The van der Waals surface area contributed by atoms with Crippen molar-refractivity contribution in [2.75, 3.05) is 31.9 Å². The Kier molecular flexibility index (Phi) is 6.94. The number of carbonyl (C=O) groups is 1. The van der Waals surface area contributed by atoms with Crippen LogP contribution in [0, 0.1) is 0 Å². The summed E-state index contributed by atoms with van der Waals surface area (Å²) in [7, 11) is 3.11. The Morgan fingerprint density at radius 3 is 2.52 bits per heavy atom. The van der Waals surface area contributed by atoms with Crippen molar-refractivity contribution >= 4 is 29.0 Å². The number of hydrogen-bond acceptors (Lipinski definition) is 8. The number of benzene rings is 2. The molecule has 0 aliphatic carbocycles. The van der Waals surface area contributed by atoms with E-state index in [4.69, 9.17) is 14.2 Å². The predicted octanol–water partition coefficient (Wildman–Crippen LogP) is 3.94. The minimum atomic E-state index is -0.217. The molecule has 0 spiro atoms. The first-order valence-electron chi connectivity index (χ1n) is 10.2. The van der Waals surface area contributed by atoms with Crippen LogP contribution in [0.3, 0.4) is 0 Å². The summed E-state index contributed by atoms with van der Waals surface area (Å²) in [5.74, 6) is 1.88. The van der Waals surface area contributed by atoms with Gasteiger partial charge in [0.05, 0.1) is 38.0 Å². The van der Waals surface area contributed by atoms with Crippen molar-refractivity contribution in [1.29, 1.82) is 0 Å². The molecule has 2 heterocycles. The van der Waals surface area contributed by atoms with E-state index in [-0.39, 0.29) is 11.7 Å². The third kappa shape index (κ3) is 5.17. The van der Waals surface area contributed by atoms with Crippen LogP contribution < -0.4 is 19.5 Å². The number of rotatable bonds is 9. The normalized spacial score (nSPS) is 10.8. The van der Waals surface area contributed by atoms with Gasteiger partial charge in [0.15, 0.2) is 5.65 Å². The maximum Gasteiger partial charge on any atom is 0.234 e. The highest BCUT2D eigenvalue weighted by molar-refractivity contribution is 7.99. The van der Waals surface area contributed by atoms with Gasteiger partial charge in [-0.1, -0.05) is 11.8 Å². The number of carbonyl (C=O) groups excluding carboxylic acids is 1. The zero-order valence-corrected chi connectivity index (χ0v) is 19.3. The molecule has 0 aliphatic rings. The van der Waals surface area contributed by atoms with Gasteiger partial charge in [0.1, 0.15) is 17.2 Å². The van der Waals surface area contributed by atoms with Crippen molar-refractivity contribution < 1.29 is 19.0 Å². The summed E-state index contributed by atoms with van der Waals surface area (Å²) in [6.45, 7) is 2.56. The Balaban J connectivity index is 1.48. The minimum Gasteiger partial charge on any atom is -0.497 e. The number of nitrogens with one attached hydrogen (secondary N) is 1. The van der Waals surface area contributed by atoms with Crippen LogP contribution in [0.25, 0.3) is 16.9 Å². The van der Waals surface area contributed by atoms with Crippen LogP contribution in [-0.4, -0.2) is 52.3 Å². The van der Waals surface area contributed by atoms with E-state index < -0.39 is 0 Å². The average molecular weight is 466 g/mol. The Bertz CT molecular complexity index is 1260. The summed E-state index contributed by atoms with van der Waals surface area (Å²) in [6.07, 6.45) is 0. The van der Waals surface area contributed by atoms with Gasteiger partial charge >= 0.3 is 0 Å². The van der Waals surface area contributed by atoms with Crippen LogP contribution >= 0.6 is 11.8 Å². The van der Waals surface area contributed by atoms with Crippen molar-refractivity contribution in [1.82, 2.24) is 19.8 Å². The molecule has 1 amide bonds. The highest BCUT2D eigenvalue weighted by Gasteiger charge is 2.14. The fraction of sp³-hybridized carbons (Fsp3) is 0.217. The largest absolute Gasteiger partial charge is 0.497 e. The summed E-state index contributed by atoms with van der Waals surface area (Å²) in [5, 5.41) is 16.3. The van der Waals surface area contributed by atoms with Crippen molar-refractivity contribution in [3.05, 3.63) is 54.6 Å². The molecular weight excluding hydrogens is 442 g/mol. The molecule has 0 unspecified atom stereocenters. The Hall–Kier alpha value is -3.79. The zero-order chi connectivity index (χ0) is 23.2. The fourth-order valence-corrected chi connectivity index (χ4v) is 3.82. The van der Waals surface area contributed by atoms with Gasteiger partial charge in [-0.05, 0) is 55.5 Å². The summed E-state index contributed by atoms with van der Waals surface area (Å²) in [5.41, 5.74) is 2.83. The van der Waals surface area contributed by atoms with Crippen molar-refractivity contribution in [2.24, 2.45) is 0 Å². The number of thioether (sulfide) groups is 1. The van der Waals surface area contributed by atoms with Crippen molar-refractivity contribution in [2.45, 2.75) is 12.1 Å². The smallest absolute Gasteiger partial charge is 0.234 e. The Morgan fingerprint density at radius 1 is 1.00 bits per heavy atom. The van der Waals surface area contributed by atoms with E-state index in [1.165, 1.54) is 11.8 Å². The maximum atomic E-state index is 12.6. The van der Waals surface area contributed by atoms with Gasteiger partial charge in [-0.15, -0.1) is 10.2 Å². The second kappa shape index (κ2) is 10.2. The fourth-order valence-electron chi connectivity index (χ4n) is 3.13. The van der Waals surface area contributed by atoms with Crippen LogP contribution in [-0.2, 0) is 4.79 Å². The van der Waals surface area contributed by atoms with Gasteiger partial charge in [-0.25, -0.2) is 0 Å². The number of anilines is 1. The van der Waals surface area contributed by atoms with E-state index in [9.17, 15) is 4.79 Å². The van der Waals surface area contributed by atoms with Gasteiger partial charge in [0, 0.05) is 11.6 Å². The number of methoxy groups -OCH3 is 2. The molecule has 9 nitrogen and oxygen atoms in total. The first kappa shape index (κ1) is 22.4. The molecule has 0 atom stereocenters. The second-order valence-corrected chi connectivity index (χ2v) is 7.77. The second-order valence-electron chi connectivity index (χ2n) is 6.83.